The summed E-state index contributed by atoms with van der Waals surface area (Å²) in [5.74, 6) is 2.07. The molecule has 0 atom stereocenters. The van der Waals surface area contributed by atoms with Crippen molar-refractivity contribution >= 4 is 5.69 Å². The summed E-state index contributed by atoms with van der Waals surface area (Å²) in [7, 11) is 0. The molecule has 1 aliphatic carbocycles. The third kappa shape index (κ3) is 2.46. The molecule has 0 aliphatic heterocycles. The first kappa shape index (κ1) is 10.3. The van der Waals surface area contributed by atoms with Crippen LogP contribution in [0, 0.1) is 6.92 Å². The van der Waals surface area contributed by atoms with Gasteiger partial charge in [-0.15, -0.1) is 0 Å². The average Bonchev–Trinajstić information content (AvgIpc) is 3.09. The van der Waals surface area contributed by atoms with Crippen LogP contribution in [0.5, 0.6) is 0 Å². The Morgan fingerprint density at radius 3 is 2.76 bits per heavy atom. The van der Waals surface area contributed by atoms with Crippen LogP contribution < -0.4 is 5.32 Å². The highest BCUT2D eigenvalue weighted by Gasteiger charge is 2.28. The number of nitrogens with one attached hydrogen (secondary N) is 1. The van der Waals surface area contributed by atoms with Crippen LogP contribution in [0.15, 0.2) is 28.8 Å². The first-order valence-corrected chi connectivity index (χ1v) is 5.94. The Kier molecular flexibility index (Phi) is 2.55. The molecule has 1 aliphatic rings. The summed E-state index contributed by atoms with van der Waals surface area (Å²) in [6.45, 7) is 2.66. The number of nitrogens with zero attached hydrogens (tertiary/aromatic N) is 2. The third-order valence-electron chi connectivity index (χ3n) is 2.92. The van der Waals surface area contributed by atoms with E-state index in [1.54, 1.807) is 0 Å². The molecule has 0 radical (unpaired) electrons. The molecule has 0 amide bonds. The van der Waals surface area contributed by atoms with E-state index in [0.29, 0.717) is 18.4 Å². The lowest BCUT2D eigenvalue weighted by Crippen LogP contribution is -1.99. The van der Waals surface area contributed by atoms with Crippen molar-refractivity contribution in [3.8, 4) is 0 Å². The molecule has 1 saturated carbocycles. The van der Waals surface area contributed by atoms with Crippen molar-refractivity contribution < 1.29 is 4.52 Å². The van der Waals surface area contributed by atoms with E-state index in [-0.39, 0.29) is 0 Å². The fraction of sp³-hybridized carbons (Fsp3) is 0.385. The second-order valence-electron chi connectivity index (χ2n) is 4.54. The van der Waals surface area contributed by atoms with E-state index in [1.807, 2.05) is 12.1 Å². The Bertz CT molecular complexity index is 500. The standard InChI is InChI=1S/C13H15N3O/c1-9-2-6-11(7-3-9)14-8-12-15-13(16-17-12)10-4-5-10/h2-3,6-7,10,14H,4-5,8H2,1H3. The van der Waals surface area contributed by atoms with Crippen molar-refractivity contribution in [2.75, 3.05) is 5.32 Å². The zero-order valence-electron chi connectivity index (χ0n) is 9.81. The highest BCUT2D eigenvalue weighted by molar-refractivity contribution is 5.44. The maximum Gasteiger partial charge on any atom is 0.245 e. The molecule has 1 N–H and O–H groups in total. The van der Waals surface area contributed by atoms with E-state index < -0.39 is 0 Å². The lowest BCUT2D eigenvalue weighted by atomic mass is 10.2. The van der Waals surface area contributed by atoms with Gasteiger partial charge in [-0.2, -0.15) is 4.98 Å². The Labute approximate surface area is 100 Å². The van der Waals surface area contributed by atoms with Gasteiger partial charge in [0.25, 0.3) is 0 Å². The average molecular weight is 229 g/mol. The number of rotatable bonds is 4. The molecule has 2 aromatic rings. The zero-order valence-corrected chi connectivity index (χ0v) is 9.81. The van der Waals surface area contributed by atoms with E-state index >= 15 is 0 Å². The lowest BCUT2D eigenvalue weighted by Gasteiger charge is -2.02. The highest BCUT2D eigenvalue weighted by atomic mass is 16.5. The monoisotopic (exact) mass is 229 g/mol. The summed E-state index contributed by atoms with van der Waals surface area (Å²) in [6.07, 6.45) is 2.40. The fourth-order valence-electron chi connectivity index (χ4n) is 1.70. The largest absolute Gasteiger partial charge is 0.376 e. The van der Waals surface area contributed by atoms with E-state index in [0.717, 1.165) is 11.5 Å². The molecule has 1 heterocycles. The normalized spacial score (nSPS) is 14.9. The van der Waals surface area contributed by atoms with Crippen molar-refractivity contribution in [2.24, 2.45) is 0 Å². The minimum Gasteiger partial charge on any atom is -0.376 e. The van der Waals surface area contributed by atoms with Crippen LogP contribution >= 0.6 is 0 Å². The molecule has 0 unspecified atom stereocenters. The second kappa shape index (κ2) is 4.20. The highest BCUT2D eigenvalue weighted by Crippen LogP contribution is 2.38. The van der Waals surface area contributed by atoms with Gasteiger partial charge in [-0.05, 0) is 31.9 Å². The number of hydrogen-bond donors (Lipinski definition) is 1. The second-order valence-corrected chi connectivity index (χ2v) is 4.54. The summed E-state index contributed by atoms with van der Waals surface area (Å²) in [5.41, 5.74) is 2.33. The van der Waals surface area contributed by atoms with Gasteiger partial charge in [0.1, 0.15) is 0 Å². The van der Waals surface area contributed by atoms with Crippen LogP contribution in [0.1, 0.15) is 36.0 Å². The zero-order chi connectivity index (χ0) is 11.7. The molecule has 1 fully saturated rings. The maximum atomic E-state index is 5.19. The van der Waals surface area contributed by atoms with Gasteiger partial charge >= 0.3 is 0 Å². The topological polar surface area (TPSA) is 51.0 Å². The smallest absolute Gasteiger partial charge is 0.245 e. The van der Waals surface area contributed by atoms with Gasteiger partial charge in [0.05, 0.1) is 6.54 Å². The fourth-order valence-corrected chi connectivity index (χ4v) is 1.70. The molecule has 1 aromatic heterocycles. The van der Waals surface area contributed by atoms with Crippen LogP contribution in [0.2, 0.25) is 0 Å². The number of aromatic nitrogens is 2. The van der Waals surface area contributed by atoms with Crippen molar-refractivity contribution in [1.29, 1.82) is 0 Å². The SMILES string of the molecule is Cc1ccc(NCc2nc(C3CC3)no2)cc1. The van der Waals surface area contributed by atoms with Crippen molar-refractivity contribution in [1.82, 2.24) is 10.1 Å². The van der Waals surface area contributed by atoms with Gasteiger partial charge in [0, 0.05) is 11.6 Å². The van der Waals surface area contributed by atoms with E-state index in [4.69, 9.17) is 4.52 Å². The van der Waals surface area contributed by atoms with Gasteiger partial charge in [0.2, 0.25) is 5.89 Å². The van der Waals surface area contributed by atoms with E-state index in [2.05, 4.69) is 34.5 Å². The van der Waals surface area contributed by atoms with Gasteiger partial charge in [-0.1, -0.05) is 22.9 Å². The predicted octanol–water partition coefficient (Wildman–Crippen LogP) is 2.87. The predicted molar refractivity (Wildman–Crippen MR) is 64.8 cm³/mol. The number of aryl methyl sites for hydroxylation is 1. The van der Waals surface area contributed by atoms with E-state index in [1.165, 1.54) is 18.4 Å². The summed E-state index contributed by atoms with van der Waals surface area (Å²) < 4.78 is 5.19. The van der Waals surface area contributed by atoms with Gasteiger partial charge < -0.3 is 9.84 Å². The third-order valence-corrected chi connectivity index (χ3v) is 2.92. The lowest BCUT2D eigenvalue weighted by molar-refractivity contribution is 0.378. The molecule has 0 saturated heterocycles. The van der Waals surface area contributed by atoms with Crippen molar-refractivity contribution in [3.05, 3.63) is 41.5 Å². The Hall–Kier alpha value is -1.84. The van der Waals surface area contributed by atoms with Gasteiger partial charge in [-0.25, -0.2) is 0 Å². The van der Waals surface area contributed by atoms with Crippen LogP contribution in [-0.4, -0.2) is 10.1 Å². The molecule has 17 heavy (non-hydrogen) atoms. The number of hydrogen-bond acceptors (Lipinski definition) is 4. The summed E-state index contributed by atoms with van der Waals surface area (Å²) >= 11 is 0. The molecular weight excluding hydrogens is 214 g/mol. The maximum absolute atomic E-state index is 5.19. The summed E-state index contributed by atoms with van der Waals surface area (Å²) in [5, 5.41) is 7.24. The summed E-state index contributed by atoms with van der Waals surface area (Å²) in [6, 6.07) is 8.25. The molecule has 0 spiro atoms. The van der Waals surface area contributed by atoms with Crippen LogP contribution in [0.3, 0.4) is 0 Å². The number of benzene rings is 1. The molecule has 1 aromatic carbocycles. The molecule has 4 heteroatoms. The Balaban J connectivity index is 1.60. The minimum atomic E-state index is 0.548. The van der Waals surface area contributed by atoms with Crippen LogP contribution in [0.25, 0.3) is 0 Å². The first-order chi connectivity index (χ1) is 8.31. The number of anilines is 1. The molecule has 0 bridgehead atoms. The summed E-state index contributed by atoms with van der Waals surface area (Å²) in [4.78, 5) is 4.36. The molecule has 4 nitrogen and oxygen atoms in total. The quantitative estimate of drug-likeness (QED) is 0.875. The Morgan fingerprint density at radius 2 is 2.06 bits per heavy atom. The minimum absolute atomic E-state index is 0.548. The first-order valence-electron chi connectivity index (χ1n) is 5.94. The molecular formula is C13H15N3O. The molecule has 3 rings (SSSR count). The van der Waals surface area contributed by atoms with Gasteiger partial charge in [-0.3, -0.25) is 0 Å². The van der Waals surface area contributed by atoms with Crippen molar-refractivity contribution in [2.45, 2.75) is 32.2 Å². The van der Waals surface area contributed by atoms with Gasteiger partial charge in [0.15, 0.2) is 5.82 Å². The van der Waals surface area contributed by atoms with Crippen molar-refractivity contribution in [3.63, 3.8) is 0 Å². The van der Waals surface area contributed by atoms with Crippen LogP contribution in [0.4, 0.5) is 5.69 Å². The Morgan fingerprint density at radius 1 is 1.29 bits per heavy atom. The molecule has 88 valence electrons. The van der Waals surface area contributed by atoms with E-state index in [9.17, 15) is 0 Å². The van der Waals surface area contributed by atoms with Crippen LogP contribution in [-0.2, 0) is 6.54 Å².